The van der Waals surface area contributed by atoms with Crippen LogP contribution in [0.15, 0.2) is 216 Å². The van der Waals surface area contributed by atoms with E-state index in [1.165, 1.54) is 88.0 Å². The number of fused-ring (bicyclic) bond motifs is 1. The van der Waals surface area contributed by atoms with Crippen LogP contribution in [-0.2, 0) is 35.2 Å². The van der Waals surface area contributed by atoms with Crippen LogP contribution in [0.3, 0.4) is 0 Å². The number of ether oxygens (including phenoxy) is 6. The molecule has 5 saturated carbocycles. The lowest BCUT2D eigenvalue weighted by molar-refractivity contribution is -0.183. The van der Waals surface area contributed by atoms with Crippen molar-refractivity contribution in [3.05, 3.63) is 282 Å². The number of hydrogen-bond donors (Lipinski definition) is 6. The number of aliphatic hydroxyl groups is 1. The normalized spacial score (nSPS) is 17.4. The van der Waals surface area contributed by atoms with Gasteiger partial charge >= 0.3 is 18.5 Å². The number of aromatic nitrogens is 3. The number of methoxy groups -OCH3 is 5. The summed E-state index contributed by atoms with van der Waals surface area (Å²) in [5, 5.41) is 32.3. The molecule has 5 fully saturated rings. The van der Waals surface area contributed by atoms with E-state index >= 15 is 0 Å². The number of anilines is 6. The first kappa shape index (κ1) is 119. The molecule has 0 atom stereocenters. The van der Waals surface area contributed by atoms with E-state index in [-0.39, 0.29) is 110 Å². The largest absolute Gasteiger partial charge is 0.496 e. The van der Waals surface area contributed by atoms with Crippen molar-refractivity contribution in [3.8, 4) is 51.8 Å². The predicted molar refractivity (Wildman–Crippen MR) is 572 cm³/mol. The Balaban J connectivity index is 0.000000200. The zero-order chi connectivity index (χ0) is 109. The van der Waals surface area contributed by atoms with Gasteiger partial charge in [0.2, 0.25) is 35.4 Å². The first-order chi connectivity index (χ1) is 71.7. The first-order valence-electron chi connectivity index (χ1n) is 49.4. The maximum Gasteiger partial charge on any atom is 0.391 e. The minimum Gasteiger partial charge on any atom is -0.496 e. The second-order valence-corrected chi connectivity index (χ2v) is 37.1. The molecule has 0 unspecified atom stereocenters. The minimum absolute atomic E-state index is 0.00937. The molecule has 1 aliphatic heterocycles. The summed E-state index contributed by atoms with van der Waals surface area (Å²) in [7, 11) is 7.62. The van der Waals surface area contributed by atoms with E-state index in [4.69, 9.17) is 40.0 Å². The van der Waals surface area contributed by atoms with Crippen molar-refractivity contribution in [1.29, 1.82) is 5.26 Å². The molecule has 6 amide bonds. The smallest absolute Gasteiger partial charge is 0.391 e. The van der Waals surface area contributed by atoms with Crippen LogP contribution < -0.4 is 59.9 Å². The summed E-state index contributed by atoms with van der Waals surface area (Å²) < 4.78 is 162. The maximum absolute atomic E-state index is 14.1. The van der Waals surface area contributed by atoms with Crippen molar-refractivity contribution in [2.24, 2.45) is 41.4 Å². The standard InChI is InChI=1S/C21H25F3N2O2.C20H25F3N2O3.C19H16ClNO2.C19H20F3N3O2.C19H20FNO2.C18H23NO2/c1-3-18(27)25-17-12-15(20(28-2)19(26-17)14-8-9-14)7-4-13-5-10-16(11-6-13)21(22,23)24;1-3-19(27)25(10-11-26)18-12-15(17(28-2)13-24-18)7-4-14-5-8-16(9-6-14)20(21,22)23;1-2-18(22)21-17-11-14(19-15(12-17)9-10-23-19)6-3-13-4-7-16(20)8-5-13;1-3-17(26)24-15-10-13(18(27-2)25-16(15)11-23)7-4-12-5-8-14(9-6-12)19(20,21)22;1-5-19(22)21-17-10-15(18(23-4)11-16(17)20)14-8-6-13(7-9-14)12(2)3;1-3-18(20)19-16-11-12-17(21-2)15(13-16)10-6-9-14-7-4-5-8-14/h3-4,7,12-14,16H,1,5-6,8-11H2,2H3,(H,25,26,27);3-4,7,12-14,16,26H,1,5-6,8-11H2,2H3;2-8,11-12H,1,9-10H2,(H,21,22);3-4,7,10,12,14H,1,5-6,8-9H2,2H3,(H,24,26);5-12H,1H2,2-4H3,(H,21,22);3,6,10-14H,1,4-5,7-9H2,2H3,(H,19,20)/b2*7-4+;6-3+;7-4+;;10-6+. The van der Waals surface area contributed by atoms with Crippen LogP contribution in [0.4, 0.5) is 78.3 Å². The van der Waals surface area contributed by atoms with Gasteiger partial charge in [0.05, 0.1) is 96.3 Å². The monoisotopic (exact) mass is 2090 g/mol. The second-order valence-electron chi connectivity index (χ2n) is 36.7. The molecule has 4 heterocycles. The number of rotatable bonds is 33. The topological polar surface area (TPSA) is 304 Å². The predicted octanol–water partition coefficient (Wildman–Crippen LogP) is 27.7. The first-order valence-corrected chi connectivity index (χ1v) is 49.8. The number of hydrogen-bond acceptors (Lipinski definition) is 17. The molecule has 6 aliphatic rings. The summed E-state index contributed by atoms with van der Waals surface area (Å²) in [6.45, 7) is 25.3. The van der Waals surface area contributed by atoms with Crippen LogP contribution in [0.25, 0.3) is 47.6 Å². The Bertz CT molecular complexity index is 6200. The van der Waals surface area contributed by atoms with E-state index in [0.717, 1.165) is 112 Å². The van der Waals surface area contributed by atoms with E-state index in [9.17, 15) is 83.0 Å². The highest BCUT2D eigenvalue weighted by Gasteiger charge is 2.44. The summed E-state index contributed by atoms with van der Waals surface area (Å²) in [5.74, 6) is -0.335. The van der Waals surface area contributed by atoms with Crippen molar-refractivity contribution in [1.82, 2.24) is 15.0 Å². The fourth-order valence-corrected chi connectivity index (χ4v) is 17.7. The summed E-state index contributed by atoms with van der Waals surface area (Å²) in [6.07, 6.45) is 28.6. The van der Waals surface area contributed by atoms with Crippen LogP contribution in [-0.4, -0.2) is 129 Å². The highest BCUT2D eigenvalue weighted by Crippen LogP contribution is 2.48. The van der Waals surface area contributed by atoms with Crippen molar-refractivity contribution in [2.45, 2.75) is 173 Å². The Kier molecular flexibility index (Phi) is 46.2. The van der Waals surface area contributed by atoms with Gasteiger partial charge in [0.15, 0.2) is 5.69 Å². The van der Waals surface area contributed by atoms with Gasteiger partial charge in [-0.25, -0.2) is 14.4 Å². The number of aliphatic hydroxyl groups excluding tert-OH is 1. The van der Waals surface area contributed by atoms with Crippen LogP contribution >= 0.6 is 11.6 Å². The molecule has 5 aromatic carbocycles. The number of amides is 6. The number of carbonyl (C=O) groups is 6. The third-order valence-corrected chi connectivity index (χ3v) is 26.3. The maximum atomic E-state index is 14.1. The molecular weight excluding hydrogens is 1970 g/mol. The van der Waals surface area contributed by atoms with Gasteiger partial charge in [-0.05, 0) is 246 Å². The molecule has 0 radical (unpaired) electrons. The number of nitrogens with one attached hydrogen (secondary N) is 5. The average Bonchev–Trinajstić information content (AvgIpc) is 1.54. The van der Waals surface area contributed by atoms with E-state index in [2.05, 4.69) is 107 Å². The summed E-state index contributed by atoms with van der Waals surface area (Å²) >= 11 is 5.90. The summed E-state index contributed by atoms with van der Waals surface area (Å²) in [5.41, 5.74) is 11.4. The molecule has 14 rings (SSSR count). The molecule has 0 spiro atoms. The number of allylic oxidation sites excluding steroid dienone is 4. The second kappa shape index (κ2) is 58.3. The summed E-state index contributed by atoms with van der Waals surface area (Å²) in [4.78, 5) is 83.6. The minimum atomic E-state index is -4.13. The van der Waals surface area contributed by atoms with Crippen LogP contribution in [0.5, 0.6) is 34.6 Å². The molecule has 5 aliphatic carbocycles. The van der Waals surface area contributed by atoms with Crippen LogP contribution in [0, 0.1) is 58.6 Å². The van der Waals surface area contributed by atoms with Gasteiger partial charge in [0.1, 0.15) is 52.3 Å². The van der Waals surface area contributed by atoms with E-state index in [0.29, 0.717) is 108 Å². The van der Waals surface area contributed by atoms with Crippen molar-refractivity contribution in [3.63, 3.8) is 0 Å². The average molecular weight is 2100 g/mol. The number of halogens is 11. The number of alkyl halides is 9. The number of pyridine rings is 3. The lowest BCUT2D eigenvalue weighted by atomic mass is 9.81. The number of carbonyl (C=O) groups excluding carboxylic acids is 6. The molecule has 798 valence electrons. The van der Waals surface area contributed by atoms with Crippen LogP contribution in [0.2, 0.25) is 5.02 Å². The number of nitrogens with zero attached hydrogens (tertiary/aromatic N) is 5. The molecule has 150 heavy (non-hydrogen) atoms. The van der Waals surface area contributed by atoms with Crippen molar-refractivity contribution < 1.29 is 106 Å². The lowest BCUT2D eigenvalue weighted by Crippen LogP contribution is -2.32. The van der Waals surface area contributed by atoms with Gasteiger partial charge in [-0.15, -0.1) is 0 Å². The van der Waals surface area contributed by atoms with Crippen LogP contribution in [0.1, 0.15) is 204 Å². The van der Waals surface area contributed by atoms with Crippen molar-refractivity contribution in [2.75, 3.05) is 86.8 Å². The third-order valence-electron chi connectivity index (χ3n) is 26.0. The molecule has 3 aromatic heterocycles. The highest BCUT2D eigenvalue weighted by molar-refractivity contribution is 6.30. The molecular formula is C116H129ClF10N10O13. The van der Waals surface area contributed by atoms with E-state index in [1.54, 1.807) is 50.6 Å². The zero-order valence-corrected chi connectivity index (χ0v) is 85.9. The molecule has 0 bridgehead atoms. The molecule has 0 saturated heterocycles. The molecule has 23 nitrogen and oxygen atoms in total. The van der Waals surface area contributed by atoms with Gasteiger partial charge in [-0.3, -0.25) is 33.7 Å². The van der Waals surface area contributed by atoms with Gasteiger partial charge in [-0.1, -0.05) is 188 Å². The SMILES string of the molecule is C=CC(=O)N(CCO)c1cc(/C=C/C2CCC(C(F)(F)F)CC2)c(OC)cn1.C=CC(=O)Nc1cc(-c2ccc(C(C)C)cc2)c(OC)cc1F.C=CC(=O)Nc1cc(/C=C/C2CCC(C(F)(F)F)CC2)c(OC)c(C2CC2)n1.C=CC(=O)Nc1cc(/C=C/C2CCC(C(F)(F)F)CC2)c(OC)nc1C#N.C=CC(=O)Nc1cc(/C=C/c2ccc(Cl)cc2)c2c(c1)CCO2.C=CC(=O)Nc1ccc(OC)c(/C=C/CC2CCCC2)c1. The Morgan fingerprint density at radius 1 is 0.520 bits per heavy atom. The Morgan fingerprint density at radius 3 is 1.53 bits per heavy atom. The summed E-state index contributed by atoms with van der Waals surface area (Å²) in [6, 6.07) is 34.7. The van der Waals surface area contributed by atoms with Crippen molar-refractivity contribution >= 4 is 118 Å². The number of nitriles is 1. The molecule has 8 aromatic rings. The van der Waals surface area contributed by atoms with E-state index in [1.807, 2.05) is 121 Å². The Labute approximate surface area is 874 Å². The number of benzene rings is 5. The fourth-order valence-electron chi connectivity index (χ4n) is 17.6. The van der Waals surface area contributed by atoms with E-state index < -0.39 is 59.8 Å². The van der Waals surface area contributed by atoms with Gasteiger partial charge in [0, 0.05) is 73.7 Å². The molecule has 34 heteroatoms. The molecule has 6 N–H and O–H groups in total. The van der Waals surface area contributed by atoms with Gasteiger partial charge in [-0.2, -0.15) is 49.8 Å². The highest BCUT2D eigenvalue weighted by atomic mass is 35.5. The fraction of sp³-hybridized carbons (Fsp3) is 0.362. The van der Waals surface area contributed by atoms with Gasteiger partial charge < -0.3 is 60.1 Å². The lowest BCUT2D eigenvalue weighted by Gasteiger charge is -2.28. The Morgan fingerprint density at radius 2 is 1.03 bits per heavy atom. The third kappa shape index (κ3) is 36.7. The van der Waals surface area contributed by atoms with Gasteiger partial charge in [0.25, 0.3) is 5.91 Å². The zero-order valence-electron chi connectivity index (χ0n) is 85.1. The Hall–Kier alpha value is -14.7. The quantitative estimate of drug-likeness (QED) is 0.0126.